The fraction of sp³-hybridized carbons (Fsp3) is 0.652. The van der Waals surface area contributed by atoms with Crippen molar-refractivity contribution in [2.45, 2.75) is 57.2 Å². The molecule has 5 aliphatic rings. The molecule has 150 valence electrons. The lowest BCUT2D eigenvalue weighted by Crippen LogP contribution is -2.55. The molecule has 1 aromatic carbocycles. The smallest absolute Gasteiger partial charge is 0.251 e. The number of nitrogens with zero attached hydrogens (tertiary/aromatic N) is 1. The number of rotatable bonds is 5. The fourth-order valence-electron chi connectivity index (χ4n) is 6.55. The van der Waals surface area contributed by atoms with Crippen LogP contribution in [0, 0.1) is 23.2 Å². The van der Waals surface area contributed by atoms with Crippen molar-refractivity contribution >= 4 is 33.8 Å². The van der Waals surface area contributed by atoms with E-state index in [1.807, 2.05) is 30.0 Å². The summed E-state index contributed by atoms with van der Waals surface area (Å²) in [5.41, 5.74) is 2.32. The van der Waals surface area contributed by atoms with Gasteiger partial charge in [-0.2, -0.15) is 0 Å². The molecule has 3 nitrogen and oxygen atoms in total. The van der Waals surface area contributed by atoms with Gasteiger partial charge < -0.3 is 5.32 Å². The molecule has 1 aliphatic heterocycles. The maximum Gasteiger partial charge on any atom is 0.251 e. The average molecular weight is 415 g/mol. The van der Waals surface area contributed by atoms with E-state index in [-0.39, 0.29) is 11.9 Å². The van der Waals surface area contributed by atoms with E-state index in [1.54, 1.807) is 11.8 Å². The van der Waals surface area contributed by atoms with Crippen LogP contribution in [0.4, 0.5) is 0 Å². The normalized spacial score (nSPS) is 34.3. The van der Waals surface area contributed by atoms with E-state index in [4.69, 9.17) is 0 Å². The predicted octanol–water partition coefficient (Wildman–Crippen LogP) is 5.36. The highest BCUT2D eigenvalue weighted by Gasteiger charge is 2.53. The van der Waals surface area contributed by atoms with Crippen molar-refractivity contribution in [3.8, 4) is 0 Å². The lowest BCUT2D eigenvalue weighted by molar-refractivity contribution is -0.0688. The molecule has 1 aromatic rings. The van der Waals surface area contributed by atoms with Gasteiger partial charge in [-0.05, 0) is 80.2 Å². The number of nitrogens with one attached hydrogen (secondary N) is 1. The van der Waals surface area contributed by atoms with Crippen LogP contribution >= 0.6 is 23.5 Å². The molecule has 0 radical (unpaired) electrons. The number of carbonyl (C=O) groups is 1. The van der Waals surface area contributed by atoms with Crippen LogP contribution in [0.1, 0.15) is 61.4 Å². The summed E-state index contributed by atoms with van der Waals surface area (Å²) in [4.78, 5) is 17.7. The Balaban J connectivity index is 1.28. The first kappa shape index (κ1) is 19.0. The first-order valence-electron chi connectivity index (χ1n) is 10.8. The van der Waals surface area contributed by atoms with Crippen LogP contribution < -0.4 is 5.32 Å². The second-order valence-corrected chi connectivity index (χ2v) is 11.7. The Morgan fingerprint density at radius 3 is 2.54 bits per heavy atom. The van der Waals surface area contributed by atoms with Gasteiger partial charge in [0.2, 0.25) is 0 Å². The van der Waals surface area contributed by atoms with E-state index < -0.39 is 0 Å². The van der Waals surface area contributed by atoms with Crippen LogP contribution in [-0.2, 0) is 5.75 Å². The molecule has 1 amide bonds. The third kappa shape index (κ3) is 3.65. The van der Waals surface area contributed by atoms with Gasteiger partial charge in [0.25, 0.3) is 5.91 Å². The fourth-order valence-corrected chi connectivity index (χ4v) is 8.56. The Morgan fingerprint density at radius 1 is 1.21 bits per heavy atom. The zero-order chi connectivity index (χ0) is 19.1. The first-order chi connectivity index (χ1) is 13.6. The molecule has 1 N–H and O–H groups in total. The van der Waals surface area contributed by atoms with Crippen LogP contribution in [-0.4, -0.2) is 28.6 Å². The maximum atomic E-state index is 13.2. The third-order valence-electron chi connectivity index (χ3n) is 7.52. The van der Waals surface area contributed by atoms with E-state index >= 15 is 0 Å². The van der Waals surface area contributed by atoms with Gasteiger partial charge >= 0.3 is 0 Å². The van der Waals surface area contributed by atoms with Gasteiger partial charge in [-0.3, -0.25) is 9.79 Å². The monoisotopic (exact) mass is 414 g/mol. The van der Waals surface area contributed by atoms with Crippen molar-refractivity contribution in [2.24, 2.45) is 28.2 Å². The molecule has 28 heavy (non-hydrogen) atoms. The third-order valence-corrected chi connectivity index (χ3v) is 9.82. The number of benzene rings is 1. The van der Waals surface area contributed by atoms with E-state index in [1.165, 1.54) is 38.5 Å². The summed E-state index contributed by atoms with van der Waals surface area (Å²) in [5, 5.41) is 3.44. The Hall–Kier alpha value is -0.940. The van der Waals surface area contributed by atoms with Crippen LogP contribution in [0.5, 0.6) is 0 Å². The zero-order valence-corrected chi connectivity index (χ0v) is 18.3. The van der Waals surface area contributed by atoms with Crippen molar-refractivity contribution in [3.63, 3.8) is 0 Å². The van der Waals surface area contributed by atoms with Crippen LogP contribution in [0.2, 0.25) is 0 Å². The van der Waals surface area contributed by atoms with Crippen molar-refractivity contribution in [1.82, 2.24) is 5.32 Å². The van der Waals surface area contributed by atoms with Gasteiger partial charge in [0.1, 0.15) is 4.38 Å². The lowest BCUT2D eigenvalue weighted by atomic mass is 9.48. The summed E-state index contributed by atoms with van der Waals surface area (Å²) < 4.78 is 1.16. The number of amides is 1. The summed E-state index contributed by atoms with van der Waals surface area (Å²) in [6.07, 6.45) is 8.32. The van der Waals surface area contributed by atoms with Crippen molar-refractivity contribution in [1.29, 1.82) is 0 Å². The van der Waals surface area contributed by atoms with Crippen molar-refractivity contribution in [2.75, 3.05) is 12.3 Å². The molecule has 1 atom stereocenters. The number of aliphatic imine (C=N–C) groups is 1. The van der Waals surface area contributed by atoms with Crippen molar-refractivity contribution < 1.29 is 4.79 Å². The van der Waals surface area contributed by atoms with Crippen LogP contribution in [0.15, 0.2) is 29.3 Å². The summed E-state index contributed by atoms with van der Waals surface area (Å²) in [6.45, 7) is 3.20. The van der Waals surface area contributed by atoms with E-state index in [0.29, 0.717) is 5.41 Å². The van der Waals surface area contributed by atoms with E-state index in [0.717, 1.165) is 51.3 Å². The first-order valence-corrected chi connectivity index (χ1v) is 12.8. The minimum Gasteiger partial charge on any atom is -0.349 e. The van der Waals surface area contributed by atoms with Gasteiger partial charge in [-0.15, -0.1) is 0 Å². The second-order valence-electron chi connectivity index (χ2n) is 9.42. The molecule has 4 fully saturated rings. The Kier molecular flexibility index (Phi) is 5.25. The molecule has 0 unspecified atom stereocenters. The highest BCUT2D eigenvalue weighted by Crippen LogP contribution is 2.61. The summed E-state index contributed by atoms with van der Waals surface area (Å²) in [6, 6.07) is 8.38. The highest BCUT2D eigenvalue weighted by atomic mass is 32.2. The zero-order valence-electron chi connectivity index (χ0n) is 16.7. The highest BCUT2D eigenvalue weighted by molar-refractivity contribution is 8.38. The number of carbonyl (C=O) groups excluding carboxylic acids is 1. The van der Waals surface area contributed by atoms with Gasteiger partial charge in [0.05, 0.1) is 6.54 Å². The van der Waals surface area contributed by atoms with Gasteiger partial charge in [0.15, 0.2) is 0 Å². The number of hydrogen-bond donors (Lipinski definition) is 1. The molecular weight excluding hydrogens is 384 g/mol. The standard InChI is InChI=1S/C23H30N2OS2/c1-15(23-11-16-8-17(12-23)10-18(9-16)13-23)25-21(26)20-5-3-2-4-19(20)14-28-22-24-6-7-27-22/h2-5,15-18H,6-14H2,1H3,(H,25,26)/t15-,16?,17?,18?,23?/m1/s1. The number of hydrogen-bond acceptors (Lipinski definition) is 4. The molecule has 0 saturated heterocycles. The Bertz CT molecular complexity index is 755. The van der Waals surface area contributed by atoms with Crippen LogP contribution in [0.3, 0.4) is 0 Å². The molecule has 1 heterocycles. The largest absolute Gasteiger partial charge is 0.349 e. The molecule has 5 heteroatoms. The topological polar surface area (TPSA) is 41.5 Å². The van der Waals surface area contributed by atoms with Gasteiger partial charge in [0, 0.05) is 23.1 Å². The Labute approximate surface area is 176 Å². The van der Waals surface area contributed by atoms with Gasteiger partial charge in [-0.1, -0.05) is 41.7 Å². The van der Waals surface area contributed by atoms with Gasteiger partial charge in [-0.25, -0.2) is 0 Å². The van der Waals surface area contributed by atoms with E-state index in [2.05, 4.69) is 23.3 Å². The lowest BCUT2D eigenvalue weighted by Gasteiger charge is -2.59. The van der Waals surface area contributed by atoms with Crippen LogP contribution in [0.25, 0.3) is 0 Å². The molecule has 4 saturated carbocycles. The predicted molar refractivity (Wildman–Crippen MR) is 120 cm³/mol. The van der Waals surface area contributed by atoms with E-state index in [9.17, 15) is 4.79 Å². The summed E-state index contributed by atoms with van der Waals surface area (Å²) >= 11 is 3.60. The SMILES string of the molecule is C[C@@H](NC(=O)c1ccccc1CSC1=NCCS1)C12CC3CC(CC(C3)C1)C2. The minimum absolute atomic E-state index is 0.112. The molecule has 4 bridgehead atoms. The summed E-state index contributed by atoms with van der Waals surface area (Å²) in [5.74, 6) is 4.77. The maximum absolute atomic E-state index is 13.2. The average Bonchev–Trinajstić information content (AvgIpc) is 3.19. The minimum atomic E-state index is 0.112. The molecule has 0 aromatic heterocycles. The Morgan fingerprint density at radius 2 is 1.89 bits per heavy atom. The second kappa shape index (κ2) is 7.71. The quantitative estimate of drug-likeness (QED) is 0.705. The molecule has 4 aliphatic carbocycles. The van der Waals surface area contributed by atoms with Crippen molar-refractivity contribution in [3.05, 3.63) is 35.4 Å². The molecular formula is C23H30N2OS2. The molecule has 0 spiro atoms. The summed E-state index contributed by atoms with van der Waals surface area (Å²) in [7, 11) is 0. The molecule has 6 rings (SSSR count). The number of thioether (sulfide) groups is 2.